The van der Waals surface area contributed by atoms with Crippen molar-refractivity contribution in [3.63, 3.8) is 0 Å². The molecule has 0 aromatic carbocycles. The van der Waals surface area contributed by atoms with Crippen molar-refractivity contribution in [3.8, 4) is 0 Å². The van der Waals surface area contributed by atoms with E-state index in [9.17, 15) is 48.6 Å². The third-order valence-corrected chi connectivity index (χ3v) is 22.2. The van der Waals surface area contributed by atoms with Crippen LogP contribution in [-0.2, 0) is 95.1 Å². The highest BCUT2D eigenvalue weighted by molar-refractivity contribution is 8.44. The number of hydrogen-bond acceptors (Lipinski definition) is 32. The number of aliphatic hydroxyl groups excluding tert-OH is 2. The second-order valence-electron chi connectivity index (χ2n) is 21.8. The quantitative estimate of drug-likeness (QED) is 0.0704. The highest BCUT2D eigenvalue weighted by atomic mass is 32.7. The minimum absolute atomic E-state index is 0.00144. The molecule has 4 unspecified atom stereocenters. The molecule has 0 saturated carbocycles. The monoisotopic (exact) mass is 1500 g/mol. The number of alkyl halides is 2. The second-order valence-corrected chi connectivity index (χ2v) is 33.1. The van der Waals surface area contributed by atoms with E-state index in [-0.39, 0.29) is 68.1 Å². The van der Waals surface area contributed by atoms with Crippen molar-refractivity contribution in [2.24, 2.45) is 0 Å². The smallest absolute Gasteiger partial charge is 0.386 e. The van der Waals surface area contributed by atoms with Crippen LogP contribution in [0.2, 0.25) is 0 Å². The molecule has 13 N–H and O–H groups in total. The van der Waals surface area contributed by atoms with Crippen molar-refractivity contribution in [1.29, 1.82) is 0 Å². The number of aliphatic hydroxyl groups is 2. The number of aromatic amines is 4. The topological polar surface area (TPSA) is 544 Å². The Bertz CT molecular complexity index is 4910. The van der Waals surface area contributed by atoms with Gasteiger partial charge in [-0.2, -0.15) is 9.97 Å². The molecule has 10 aromatic heterocycles. The number of imidazole rings is 6. The average molecular weight is 1500 g/mol. The fourth-order valence-electron chi connectivity index (χ4n) is 11.8. The largest absolute Gasteiger partial charge is 0.386 e. The Hall–Kier alpha value is -6.21. The normalized spacial score (nSPS) is 36.2. The molecule has 42 nitrogen and oxygen atoms in total. The molecule has 96 heavy (non-hydrogen) atoms. The number of halogens is 2. The first kappa shape index (κ1) is 65.7. The highest BCUT2D eigenvalue weighted by Crippen LogP contribution is 2.59. The van der Waals surface area contributed by atoms with Gasteiger partial charge in [-0.05, 0) is 35.4 Å². The Kier molecular flexibility index (Phi) is 16.6. The summed E-state index contributed by atoms with van der Waals surface area (Å²) in [6.45, 7) is -20.1. The van der Waals surface area contributed by atoms with Crippen molar-refractivity contribution in [2.75, 3.05) is 37.9 Å². The van der Waals surface area contributed by atoms with E-state index in [0.717, 1.165) is 17.2 Å². The first-order valence-corrected chi connectivity index (χ1v) is 38.2. The van der Waals surface area contributed by atoms with Crippen molar-refractivity contribution < 1.29 is 93.4 Å². The summed E-state index contributed by atoms with van der Waals surface area (Å²) in [7, 11) is 0. The Labute approximate surface area is 548 Å². The molecule has 6 fully saturated rings. The van der Waals surface area contributed by atoms with Gasteiger partial charge in [-0.1, -0.05) is 12.2 Å². The molecule has 6 aliphatic heterocycles. The molecule has 20 atom stereocenters. The van der Waals surface area contributed by atoms with Gasteiger partial charge >= 0.3 is 27.0 Å². The summed E-state index contributed by atoms with van der Waals surface area (Å²) in [6.07, 6.45) is -14.1. The Morgan fingerprint density at radius 1 is 0.500 bits per heavy atom. The molecule has 16 heterocycles. The van der Waals surface area contributed by atoms with E-state index in [1.54, 1.807) is 12.4 Å². The molecule has 512 valence electrons. The molecule has 6 aliphatic rings. The highest BCUT2D eigenvalue weighted by Gasteiger charge is 2.56. The first-order chi connectivity index (χ1) is 45.6. The number of hydrogen-bond donors (Lipinski definition) is 12. The summed E-state index contributed by atoms with van der Waals surface area (Å²) < 4.78 is 122. The Balaban J connectivity index is 0.000000158. The van der Waals surface area contributed by atoms with E-state index < -0.39 is 174 Å². The summed E-state index contributed by atoms with van der Waals surface area (Å²) in [4.78, 5) is 125. The number of nitrogens with one attached hydrogen (secondary N) is 4. The molecule has 0 radical (unpaired) electrons. The zero-order chi connectivity index (χ0) is 67.4. The molecular weight excluding hydrogens is 1450 g/mol. The van der Waals surface area contributed by atoms with Gasteiger partial charge in [-0.25, -0.2) is 43.2 Å². The molecule has 0 amide bonds. The van der Waals surface area contributed by atoms with E-state index in [0.29, 0.717) is 0 Å². The molecular formula is C44H46F2N20O22P4S4. The molecule has 16 rings (SSSR count). The predicted octanol–water partition coefficient (Wildman–Crippen LogP) is -1.51. The SMILES string of the molecule is Nc1nc2c(ncn2[C@@H]2O[C@@H]3COP(O)(=S)O[C@H]4[C@@H](O)[C@H](n5cnc6c(=O)[nH]c7nccn7c65)O[C@@H]4COP(=O)(S)O[C@@H]2[C@@H]3F)c(=O)[nH]1.Nc1nc2c(ncn2[C@@H]2O[C@@H]3COP(O)(=S)O[C@H]4[C@@H](O)[C@H](n5cnc6c(=O)[nH]c7nccn7c65)O[C@@H]4COP(O)(=S)O[C@@H]2[C@@H]3F)c(=O)[nH]1. The minimum Gasteiger partial charge on any atom is -0.386 e. The molecule has 0 aliphatic carbocycles. The van der Waals surface area contributed by atoms with Gasteiger partial charge in [0.1, 0.15) is 61.0 Å². The zero-order valence-corrected chi connectivity index (χ0v) is 54.4. The van der Waals surface area contributed by atoms with Crippen LogP contribution in [0.3, 0.4) is 0 Å². The van der Waals surface area contributed by atoms with Crippen molar-refractivity contribution in [3.05, 3.63) is 91.5 Å². The van der Waals surface area contributed by atoms with Gasteiger partial charge < -0.3 is 68.9 Å². The van der Waals surface area contributed by atoms with Gasteiger partial charge in [0.15, 0.2) is 81.9 Å². The lowest BCUT2D eigenvalue weighted by atomic mass is 10.1. The summed E-state index contributed by atoms with van der Waals surface area (Å²) in [5.74, 6) is -0.139. The van der Waals surface area contributed by atoms with Crippen molar-refractivity contribution in [2.45, 2.75) is 98.3 Å². The number of aromatic nitrogens is 18. The summed E-state index contributed by atoms with van der Waals surface area (Å²) in [5, 5.41) is 22.9. The lowest BCUT2D eigenvalue weighted by Gasteiger charge is -2.28. The van der Waals surface area contributed by atoms with Gasteiger partial charge in [-0.15, -0.1) is 0 Å². The second kappa shape index (κ2) is 24.3. The van der Waals surface area contributed by atoms with Gasteiger partial charge in [-0.3, -0.25) is 88.8 Å². The van der Waals surface area contributed by atoms with Crippen LogP contribution in [0.25, 0.3) is 56.2 Å². The van der Waals surface area contributed by atoms with Crippen molar-refractivity contribution >= 4 is 143 Å². The van der Waals surface area contributed by atoms with Gasteiger partial charge in [0, 0.05) is 24.8 Å². The number of nitrogens with two attached hydrogens (primary N) is 2. The van der Waals surface area contributed by atoms with Crippen LogP contribution in [0.15, 0.2) is 69.3 Å². The standard InChI is InChI=1S/2C22H23FN10O11P2S2/c2*23-9-7-3-39-45(37,47)43-13-8(42-19(12(13)34)33-6-27-11-17(36)30-22-25-1-2-31(22)18(11)33)4-40-46(38,48)44-14(9)20(41-7)32-5-26-10-15(32)28-21(24)29-16(10)35/h2*1-2,5-9,12-14,19-20,34H,3-4H2,(H,37,47)(H,38,48)(H,25,30,36)(H3,24,28,29,35)/t2*7-,8-,9-,12-,13-,14-,19-,20-,45?,46?/m11/s1. The molecule has 10 aromatic rings. The van der Waals surface area contributed by atoms with Gasteiger partial charge in [0.2, 0.25) is 23.5 Å². The Morgan fingerprint density at radius 3 is 1.29 bits per heavy atom. The number of thiol groups is 1. The summed E-state index contributed by atoms with van der Waals surface area (Å²) >= 11 is 19.7. The van der Waals surface area contributed by atoms with Gasteiger partial charge in [0.25, 0.3) is 22.2 Å². The van der Waals surface area contributed by atoms with Crippen LogP contribution >= 0.6 is 39.2 Å². The van der Waals surface area contributed by atoms with Crippen molar-refractivity contribution in [1.82, 2.24) is 86.9 Å². The van der Waals surface area contributed by atoms with E-state index in [1.807, 2.05) is 0 Å². The number of anilines is 2. The van der Waals surface area contributed by atoms with Crippen LogP contribution in [0.1, 0.15) is 24.9 Å². The lowest BCUT2D eigenvalue weighted by molar-refractivity contribution is -0.0605. The maximum atomic E-state index is 15.9. The molecule has 6 saturated heterocycles. The van der Waals surface area contributed by atoms with Crippen LogP contribution in [0.4, 0.5) is 20.7 Å². The predicted molar refractivity (Wildman–Crippen MR) is 330 cm³/mol. The maximum absolute atomic E-state index is 15.9. The van der Waals surface area contributed by atoms with Crippen LogP contribution in [-0.4, -0.2) is 212 Å². The summed E-state index contributed by atoms with van der Waals surface area (Å²) in [6, 6.07) is 0. The maximum Gasteiger partial charge on any atom is 0.386 e. The average Bonchev–Trinajstić information content (AvgIpc) is 1.60. The number of rotatable bonds is 4. The molecule has 0 spiro atoms. The Morgan fingerprint density at radius 2 is 0.854 bits per heavy atom. The third-order valence-electron chi connectivity index (χ3n) is 15.9. The number of nitrogen functional groups attached to an aromatic ring is 2. The molecule has 4 bridgehead atoms. The fraction of sp³-hybridized carbons (Fsp3) is 0.455. The molecule has 52 heteroatoms. The zero-order valence-electron chi connectivity index (χ0n) is 47.5. The number of nitrogens with zero attached hydrogens (tertiary/aromatic N) is 14. The third kappa shape index (κ3) is 11.7. The van der Waals surface area contributed by atoms with E-state index >= 15 is 8.78 Å². The number of H-pyrrole nitrogens is 4. The van der Waals surface area contributed by atoms with E-state index in [2.05, 4.69) is 72.1 Å². The van der Waals surface area contributed by atoms with E-state index in [1.165, 1.54) is 47.6 Å². The summed E-state index contributed by atoms with van der Waals surface area (Å²) in [5.41, 5.74) is 8.87. The van der Waals surface area contributed by atoms with Crippen LogP contribution in [0, 0.1) is 0 Å². The number of fused-ring (bicyclic) bond motifs is 14. The van der Waals surface area contributed by atoms with E-state index in [4.69, 9.17) is 102 Å². The first-order valence-electron chi connectivity index (χ1n) is 27.8. The minimum atomic E-state index is -4.49. The lowest BCUT2D eigenvalue weighted by Crippen LogP contribution is -2.36. The van der Waals surface area contributed by atoms with Gasteiger partial charge in [0.05, 0.1) is 51.7 Å². The number of ether oxygens (including phenoxy) is 4. The van der Waals surface area contributed by atoms with Crippen LogP contribution < -0.4 is 33.7 Å². The van der Waals surface area contributed by atoms with Crippen LogP contribution in [0.5, 0.6) is 0 Å². The fourth-order valence-corrected chi connectivity index (χ4v) is 17.5.